The first kappa shape index (κ1) is 10.2. The molecule has 0 unspecified atom stereocenters. The molecule has 13 heavy (non-hydrogen) atoms. The van der Waals surface area contributed by atoms with E-state index in [2.05, 4.69) is 20.9 Å². The molecule has 0 aromatic carbocycles. The lowest BCUT2D eigenvalue weighted by atomic mass is 10.2. The molecule has 0 aliphatic heterocycles. The van der Waals surface area contributed by atoms with Crippen molar-refractivity contribution in [2.24, 2.45) is 0 Å². The molecule has 1 rings (SSSR count). The van der Waals surface area contributed by atoms with Gasteiger partial charge in [0.1, 0.15) is 5.82 Å². The monoisotopic (exact) mass is 242 g/mol. The molecular formula is C9H11BrN2O. The maximum atomic E-state index is 8.91. The van der Waals surface area contributed by atoms with Crippen LogP contribution in [0.4, 0.5) is 5.82 Å². The molecular weight excluding hydrogens is 232 g/mol. The van der Waals surface area contributed by atoms with Crippen LogP contribution < -0.4 is 5.73 Å². The van der Waals surface area contributed by atoms with Gasteiger partial charge < -0.3 is 10.8 Å². The predicted molar refractivity (Wildman–Crippen MR) is 57.4 cm³/mol. The number of nitrogen functional groups attached to an aromatic ring is 1. The molecule has 0 saturated heterocycles. The number of nitrogens with two attached hydrogens (primary N) is 1. The molecule has 0 aliphatic rings. The van der Waals surface area contributed by atoms with E-state index in [1.54, 1.807) is 6.20 Å². The normalized spacial score (nSPS) is 10.9. The lowest BCUT2D eigenvalue weighted by Gasteiger charge is -2.01. The van der Waals surface area contributed by atoms with Crippen molar-refractivity contribution in [1.82, 2.24) is 4.98 Å². The molecule has 0 radical (unpaired) electrons. The van der Waals surface area contributed by atoms with Gasteiger partial charge in [-0.15, -0.1) is 0 Å². The second-order valence-electron chi connectivity index (χ2n) is 2.53. The van der Waals surface area contributed by atoms with Gasteiger partial charge in [-0.3, -0.25) is 0 Å². The largest absolute Gasteiger partial charge is 0.392 e. The van der Waals surface area contributed by atoms with Gasteiger partial charge in [0.25, 0.3) is 0 Å². The number of pyridine rings is 1. The van der Waals surface area contributed by atoms with Gasteiger partial charge in [-0.2, -0.15) is 0 Å². The number of halogens is 1. The highest BCUT2D eigenvalue weighted by Crippen LogP contribution is 2.11. The van der Waals surface area contributed by atoms with Crippen LogP contribution in [0.25, 0.3) is 6.08 Å². The SMILES string of the molecule is Nc1ncc(C=CCBr)cc1CO. The summed E-state index contributed by atoms with van der Waals surface area (Å²) in [5, 5.41) is 9.71. The Bertz CT molecular complexity index is 312. The number of alkyl halides is 1. The summed E-state index contributed by atoms with van der Waals surface area (Å²) in [4.78, 5) is 3.95. The van der Waals surface area contributed by atoms with Crippen LogP contribution in [0, 0.1) is 0 Å². The topological polar surface area (TPSA) is 59.1 Å². The van der Waals surface area contributed by atoms with Gasteiger partial charge in [-0.1, -0.05) is 28.1 Å². The second-order valence-corrected chi connectivity index (χ2v) is 3.18. The second kappa shape index (κ2) is 4.99. The smallest absolute Gasteiger partial charge is 0.128 e. The Hall–Kier alpha value is -0.870. The molecule has 3 N–H and O–H groups in total. The zero-order chi connectivity index (χ0) is 9.68. The van der Waals surface area contributed by atoms with Gasteiger partial charge in [-0.05, 0) is 11.6 Å². The molecule has 0 saturated carbocycles. The number of aromatic nitrogens is 1. The number of rotatable bonds is 3. The Balaban J connectivity index is 2.92. The number of allylic oxidation sites excluding steroid dienone is 1. The Morgan fingerprint density at radius 3 is 3.00 bits per heavy atom. The van der Waals surface area contributed by atoms with Crippen LogP contribution >= 0.6 is 15.9 Å². The van der Waals surface area contributed by atoms with Crippen molar-refractivity contribution in [1.29, 1.82) is 0 Å². The lowest BCUT2D eigenvalue weighted by Crippen LogP contribution is -1.97. The molecule has 1 aromatic rings. The van der Waals surface area contributed by atoms with E-state index in [0.29, 0.717) is 11.4 Å². The third-order valence-electron chi connectivity index (χ3n) is 1.59. The number of aliphatic hydroxyl groups is 1. The zero-order valence-corrected chi connectivity index (χ0v) is 8.66. The predicted octanol–water partition coefficient (Wildman–Crippen LogP) is 1.56. The average molecular weight is 243 g/mol. The first-order valence-electron chi connectivity index (χ1n) is 3.85. The lowest BCUT2D eigenvalue weighted by molar-refractivity contribution is 0.282. The van der Waals surface area contributed by atoms with Crippen LogP contribution in [0.1, 0.15) is 11.1 Å². The van der Waals surface area contributed by atoms with Crippen LogP contribution in [0.2, 0.25) is 0 Å². The molecule has 0 aliphatic carbocycles. The highest BCUT2D eigenvalue weighted by molar-refractivity contribution is 9.09. The van der Waals surface area contributed by atoms with Gasteiger partial charge in [0.2, 0.25) is 0 Å². The molecule has 70 valence electrons. The van der Waals surface area contributed by atoms with E-state index in [1.165, 1.54) is 0 Å². The standard InChI is InChI=1S/C9H11BrN2O/c10-3-1-2-7-4-8(6-13)9(11)12-5-7/h1-2,4-5,13H,3,6H2,(H2,11,12). The summed E-state index contributed by atoms with van der Waals surface area (Å²) < 4.78 is 0. The summed E-state index contributed by atoms with van der Waals surface area (Å²) in [7, 11) is 0. The first-order valence-corrected chi connectivity index (χ1v) is 4.98. The summed E-state index contributed by atoms with van der Waals surface area (Å²) in [6, 6.07) is 1.82. The minimum Gasteiger partial charge on any atom is -0.392 e. The highest BCUT2D eigenvalue weighted by Gasteiger charge is 1.98. The fourth-order valence-electron chi connectivity index (χ4n) is 0.938. The molecule has 0 bridgehead atoms. The zero-order valence-electron chi connectivity index (χ0n) is 7.07. The minimum atomic E-state index is -0.0746. The Morgan fingerprint density at radius 2 is 2.38 bits per heavy atom. The van der Waals surface area contributed by atoms with Gasteiger partial charge in [0.05, 0.1) is 6.61 Å². The van der Waals surface area contributed by atoms with Crippen LogP contribution in [-0.2, 0) is 6.61 Å². The van der Waals surface area contributed by atoms with E-state index in [-0.39, 0.29) is 6.61 Å². The summed E-state index contributed by atoms with van der Waals surface area (Å²) in [6.45, 7) is -0.0746. The number of anilines is 1. The van der Waals surface area contributed by atoms with Crippen molar-refractivity contribution < 1.29 is 5.11 Å². The third kappa shape index (κ3) is 2.82. The quantitative estimate of drug-likeness (QED) is 0.792. The molecule has 1 heterocycles. The van der Waals surface area contributed by atoms with Crippen LogP contribution in [0.5, 0.6) is 0 Å². The number of aliphatic hydroxyl groups excluding tert-OH is 1. The Morgan fingerprint density at radius 1 is 1.62 bits per heavy atom. The van der Waals surface area contributed by atoms with Crippen molar-refractivity contribution in [3.63, 3.8) is 0 Å². The molecule has 3 nitrogen and oxygen atoms in total. The van der Waals surface area contributed by atoms with Crippen LogP contribution in [0.15, 0.2) is 18.3 Å². The van der Waals surface area contributed by atoms with Crippen LogP contribution in [-0.4, -0.2) is 15.4 Å². The molecule has 0 atom stereocenters. The van der Waals surface area contributed by atoms with E-state index in [1.807, 2.05) is 18.2 Å². The van der Waals surface area contributed by atoms with Crippen molar-refractivity contribution in [3.05, 3.63) is 29.5 Å². The number of nitrogens with zero attached hydrogens (tertiary/aromatic N) is 1. The molecule has 4 heteroatoms. The van der Waals surface area contributed by atoms with Crippen molar-refractivity contribution in [2.45, 2.75) is 6.61 Å². The molecule has 1 aromatic heterocycles. The highest BCUT2D eigenvalue weighted by atomic mass is 79.9. The molecule has 0 spiro atoms. The fourth-order valence-corrected chi connectivity index (χ4v) is 1.12. The maximum Gasteiger partial charge on any atom is 0.128 e. The van der Waals surface area contributed by atoms with Crippen LogP contribution in [0.3, 0.4) is 0 Å². The number of hydrogen-bond acceptors (Lipinski definition) is 3. The van der Waals surface area contributed by atoms with Crippen molar-refractivity contribution in [3.8, 4) is 0 Å². The summed E-state index contributed by atoms with van der Waals surface area (Å²) in [6.07, 6.45) is 5.54. The third-order valence-corrected chi connectivity index (χ3v) is 1.97. The van der Waals surface area contributed by atoms with Gasteiger partial charge >= 0.3 is 0 Å². The molecule has 0 fully saturated rings. The van der Waals surface area contributed by atoms with E-state index < -0.39 is 0 Å². The van der Waals surface area contributed by atoms with Gasteiger partial charge in [-0.25, -0.2) is 4.98 Å². The van der Waals surface area contributed by atoms with Gasteiger partial charge in [0.15, 0.2) is 0 Å². The number of hydrogen-bond donors (Lipinski definition) is 2. The Kier molecular flexibility index (Phi) is 3.92. The van der Waals surface area contributed by atoms with E-state index in [9.17, 15) is 0 Å². The maximum absolute atomic E-state index is 8.91. The minimum absolute atomic E-state index is 0.0746. The summed E-state index contributed by atoms with van der Waals surface area (Å²) >= 11 is 3.28. The fraction of sp³-hybridized carbons (Fsp3) is 0.222. The molecule has 0 amide bonds. The van der Waals surface area contributed by atoms with Crippen molar-refractivity contribution in [2.75, 3.05) is 11.1 Å². The summed E-state index contributed by atoms with van der Waals surface area (Å²) in [5.74, 6) is 0.387. The van der Waals surface area contributed by atoms with E-state index >= 15 is 0 Å². The average Bonchev–Trinajstić information content (AvgIpc) is 2.16. The van der Waals surface area contributed by atoms with Crippen molar-refractivity contribution >= 4 is 27.8 Å². The van der Waals surface area contributed by atoms with Gasteiger partial charge in [0, 0.05) is 17.1 Å². The van der Waals surface area contributed by atoms with E-state index in [4.69, 9.17) is 10.8 Å². The first-order chi connectivity index (χ1) is 6.27. The summed E-state index contributed by atoms with van der Waals surface area (Å²) in [5.41, 5.74) is 7.13. The Labute approximate surface area is 85.4 Å². The van der Waals surface area contributed by atoms with E-state index in [0.717, 1.165) is 10.9 Å².